The highest BCUT2D eigenvalue weighted by atomic mass is 15.3. The van der Waals surface area contributed by atoms with E-state index in [0.29, 0.717) is 0 Å². The number of benzene rings is 2. The smallest absolute Gasteiger partial charge is 0.157 e. The number of aromatic nitrogens is 4. The standard InChI is InChI=1S/C30H34N4/c1-6-7-9-14-25-16-20(2)15-21(3)29(25)27-18-26-23(5)31-28-17-22(4)32-34(28)30(26)33(27)19-24-12-10-8-11-13-24/h8,10-13,15-18H,6-7,9,14,19H2,1-5H3. The van der Waals surface area contributed by atoms with Crippen LogP contribution < -0.4 is 0 Å². The Morgan fingerprint density at radius 1 is 0.882 bits per heavy atom. The van der Waals surface area contributed by atoms with E-state index in [9.17, 15) is 0 Å². The Labute approximate surface area is 202 Å². The molecule has 3 aromatic heterocycles. The molecule has 0 aliphatic heterocycles. The van der Waals surface area contributed by atoms with Crippen molar-refractivity contribution in [1.29, 1.82) is 0 Å². The van der Waals surface area contributed by atoms with Crippen LogP contribution in [0.1, 0.15) is 59.8 Å². The zero-order chi connectivity index (χ0) is 23.8. The largest absolute Gasteiger partial charge is 0.321 e. The maximum absolute atomic E-state index is 4.89. The molecule has 5 rings (SSSR count). The number of fused-ring (bicyclic) bond motifs is 3. The third-order valence-corrected chi connectivity index (χ3v) is 6.80. The first-order valence-electron chi connectivity index (χ1n) is 12.5. The van der Waals surface area contributed by atoms with E-state index in [0.717, 1.165) is 35.6 Å². The van der Waals surface area contributed by atoms with Crippen molar-refractivity contribution in [3.8, 4) is 11.3 Å². The summed E-state index contributed by atoms with van der Waals surface area (Å²) in [5, 5.41) is 6.01. The Morgan fingerprint density at radius 2 is 1.68 bits per heavy atom. The average Bonchev–Trinajstić information content (AvgIpc) is 3.35. The Kier molecular flexibility index (Phi) is 5.99. The van der Waals surface area contributed by atoms with Gasteiger partial charge in [0, 0.05) is 23.6 Å². The Hall–Kier alpha value is -3.40. The van der Waals surface area contributed by atoms with Gasteiger partial charge in [-0.1, -0.05) is 67.8 Å². The fraction of sp³-hybridized carbons (Fsp3) is 0.333. The quantitative estimate of drug-likeness (QED) is 0.243. The number of hydrogen-bond acceptors (Lipinski definition) is 2. The van der Waals surface area contributed by atoms with Crippen LogP contribution in [0.3, 0.4) is 0 Å². The van der Waals surface area contributed by atoms with Crippen LogP contribution >= 0.6 is 0 Å². The maximum atomic E-state index is 4.89. The summed E-state index contributed by atoms with van der Waals surface area (Å²) in [6.45, 7) is 11.7. The predicted molar refractivity (Wildman–Crippen MR) is 142 cm³/mol. The zero-order valence-electron chi connectivity index (χ0n) is 21.0. The van der Waals surface area contributed by atoms with Crippen molar-refractivity contribution in [2.75, 3.05) is 0 Å². The highest BCUT2D eigenvalue weighted by Gasteiger charge is 2.21. The molecule has 4 heteroatoms. The van der Waals surface area contributed by atoms with E-state index in [1.165, 1.54) is 58.2 Å². The summed E-state index contributed by atoms with van der Waals surface area (Å²) in [7, 11) is 0. The molecule has 0 fully saturated rings. The normalized spacial score (nSPS) is 11.7. The summed E-state index contributed by atoms with van der Waals surface area (Å²) < 4.78 is 4.49. The topological polar surface area (TPSA) is 35.1 Å². The van der Waals surface area contributed by atoms with Crippen LogP contribution in [-0.4, -0.2) is 19.2 Å². The van der Waals surface area contributed by atoms with E-state index in [-0.39, 0.29) is 0 Å². The molecule has 3 heterocycles. The Balaban J connectivity index is 1.82. The van der Waals surface area contributed by atoms with Crippen molar-refractivity contribution in [3.63, 3.8) is 0 Å². The van der Waals surface area contributed by atoms with Gasteiger partial charge in [-0.05, 0) is 63.3 Å². The molecule has 0 saturated heterocycles. The fourth-order valence-electron chi connectivity index (χ4n) is 5.30. The Morgan fingerprint density at radius 3 is 2.44 bits per heavy atom. The Bertz CT molecular complexity index is 1470. The van der Waals surface area contributed by atoms with E-state index in [1.54, 1.807) is 0 Å². The molecule has 34 heavy (non-hydrogen) atoms. The van der Waals surface area contributed by atoms with Gasteiger partial charge in [0.1, 0.15) is 5.65 Å². The molecule has 0 saturated carbocycles. The third kappa shape index (κ3) is 4.02. The van der Waals surface area contributed by atoms with Gasteiger partial charge in [-0.3, -0.25) is 0 Å². The molecule has 0 atom stereocenters. The van der Waals surface area contributed by atoms with E-state index in [2.05, 4.69) is 86.9 Å². The molecule has 0 aliphatic carbocycles. The van der Waals surface area contributed by atoms with Crippen molar-refractivity contribution in [1.82, 2.24) is 19.2 Å². The zero-order valence-corrected chi connectivity index (χ0v) is 21.0. The van der Waals surface area contributed by atoms with Gasteiger partial charge in [-0.15, -0.1) is 0 Å². The number of hydrogen-bond donors (Lipinski definition) is 0. The molecular weight excluding hydrogens is 416 g/mol. The lowest BCUT2D eigenvalue weighted by molar-refractivity contribution is 0.716. The third-order valence-electron chi connectivity index (χ3n) is 6.80. The van der Waals surface area contributed by atoms with Gasteiger partial charge in [0.15, 0.2) is 5.65 Å². The second-order valence-electron chi connectivity index (χ2n) is 9.66. The van der Waals surface area contributed by atoms with Gasteiger partial charge in [-0.25, -0.2) is 4.98 Å². The molecule has 0 radical (unpaired) electrons. The minimum Gasteiger partial charge on any atom is -0.321 e. The molecule has 174 valence electrons. The summed E-state index contributed by atoms with van der Waals surface area (Å²) in [4.78, 5) is 4.89. The average molecular weight is 451 g/mol. The van der Waals surface area contributed by atoms with Gasteiger partial charge in [0.05, 0.1) is 17.1 Å². The van der Waals surface area contributed by atoms with Crippen molar-refractivity contribution in [3.05, 3.63) is 88.2 Å². The van der Waals surface area contributed by atoms with Crippen LogP contribution in [0.2, 0.25) is 0 Å². The maximum Gasteiger partial charge on any atom is 0.157 e. The molecule has 2 aromatic carbocycles. The van der Waals surface area contributed by atoms with Gasteiger partial charge >= 0.3 is 0 Å². The minimum absolute atomic E-state index is 0.791. The lowest BCUT2D eigenvalue weighted by atomic mass is 9.92. The van der Waals surface area contributed by atoms with Gasteiger partial charge < -0.3 is 4.57 Å². The first-order valence-corrected chi connectivity index (χ1v) is 12.5. The summed E-state index contributed by atoms with van der Waals surface area (Å²) in [6.07, 6.45) is 4.81. The number of unbranched alkanes of at least 4 members (excludes halogenated alkanes) is 2. The van der Waals surface area contributed by atoms with E-state index in [1.807, 2.05) is 11.4 Å². The van der Waals surface area contributed by atoms with Crippen LogP contribution in [0.4, 0.5) is 0 Å². The first-order chi connectivity index (χ1) is 16.5. The van der Waals surface area contributed by atoms with Crippen molar-refractivity contribution in [2.24, 2.45) is 0 Å². The SMILES string of the molecule is CCCCCc1cc(C)cc(C)c1-c1cc2c(C)nc3cc(C)nn3c2n1Cc1ccccc1. The lowest BCUT2D eigenvalue weighted by Gasteiger charge is -2.18. The second-order valence-corrected chi connectivity index (χ2v) is 9.66. The number of rotatable bonds is 7. The van der Waals surface area contributed by atoms with E-state index in [4.69, 9.17) is 10.1 Å². The number of aryl methyl sites for hydroxylation is 5. The second kappa shape index (κ2) is 9.09. The van der Waals surface area contributed by atoms with Gasteiger partial charge in [0.2, 0.25) is 0 Å². The van der Waals surface area contributed by atoms with E-state index >= 15 is 0 Å². The highest BCUT2D eigenvalue weighted by molar-refractivity contribution is 5.89. The summed E-state index contributed by atoms with van der Waals surface area (Å²) in [5.74, 6) is 0. The predicted octanol–water partition coefficient (Wildman–Crippen LogP) is 7.37. The molecule has 0 unspecified atom stereocenters. The van der Waals surface area contributed by atoms with Crippen LogP contribution in [0, 0.1) is 27.7 Å². The minimum atomic E-state index is 0.791. The molecule has 0 amide bonds. The first kappa shape index (κ1) is 22.4. The molecule has 0 N–H and O–H groups in total. The highest BCUT2D eigenvalue weighted by Crippen LogP contribution is 2.36. The molecular formula is C30H34N4. The molecule has 0 bridgehead atoms. The summed E-state index contributed by atoms with van der Waals surface area (Å²) in [5.41, 5.74) is 12.1. The van der Waals surface area contributed by atoms with Crippen LogP contribution in [0.5, 0.6) is 0 Å². The van der Waals surface area contributed by atoms with Crippen molar-refractivity contribution >= 4 is 16.7 Å². The summed E-state index contributed by atoms with van der Waals surface area (Å²) >= 11 is 0. The molecule has 4 nitrogen and oxygen atoms in total. The van der Waals surface area contributed by atoms with Gasteiger partial charge in [-0.2, -0.15) is 9.61 Å². The van der Waals surface area contributed by atoms with Crippen LogP contribution in [0.25, 0.3) is 27.9 Å². The lowest BCUT2D eigenvalue weighted by Crippen LogP contribution is -2.08. The fourth-order valence-corrected chi connectivity index (χ4v) is 5.30. The number of nitrogens with zero attached hydrogens (tertiary/aromatic N) is 4. The summed E-state index contributed by atoms with van der Waals surface area (Å²) in [6, 6.07) is 19.9. The van der Waals surface area contributed by atoms with Crippen molar-refractivity contribution < 1.29 is 0 Å². The molecule has 0 spiro atoms. The van der Waals surface area contributed by atoms with Gasteiger partial charge in [0.25, 0.3) is 0 Å². The molecule has 5 aromatic rings. The van der Waals surface area contributed by atoms with E-state index < -0.39 is 0 Å². The van der Waals surface area contributed by atoms with Crippen LogP contribution in [0.15, 0.2) is 54.6 Å². The van der Waals surface area contributed by atoms with Crippen molar-refractivity contribution in [2.45, 2.75) is 66.8 Å². The monoisotopic (exact) mass is 450 g/mol. The van der Waals surface area contributed by atoms with Crippen LogP contribution in [-0.2, 0) is 13.0 Å². The molecule has 0 aliphatic rings.